The molecule has 0 rings (SSSR count). The summed E-state index contributed by atoms with van der Waals surface area (Å²) in [4.78, 5) is 4.51. The van der Waals surface area contributed by atoms with Crippen LogP contribution in [0.4, 0.5) is 0 Å². The second-order valence-electron chi connectivity index (χ2n) is 5.66. The normalized spacial score (nSPS) is 12.5. The molecule has 132 valence electrons. The minimum atomic E-state index is -0.255. The zero-order chi connectivity index (χ0) is 16.7. The van der Waals surface area contributed by atoms with Gasteiger partial charge in [-0.25, -0.2) is 0 Å². The number of rotatable bonds is 13. The van der Waals surface area contributed by atoms with Gasteiger partial charge in [0, 0.05) is 26.8 Å². The van der Waals surface area contributed by atoms with Crippen molar-refractivity contribution in [2.24, 2.45) is 4.99 Å². The van der Waals surface area contributed by atoms with E-state index in [9.17, 15) is 0 Å². The Balaban J connectivity index is 3.75. The molecule has 22 heavy (non-hydrogen) atoms. The highest BCUT2D eigenvalue weighted by Gasteiger charge is 2.15. The van der Waals surface area contributed by atoms with Crippen LogP contribution in [0.15, 0.2) is 4.99 Å². The van der Waals surface area contributed by atoms with Crippen LogP contribution in [0.3, 0.4) is 0 Å². The summed E-state index contributed by atoms with van der Waals surface area (Å²) in [5.41, 5.74) is -0.255. The molecule has 0 spiro atoms. The minimum absolute atomic E-state index is 0.255. The summed E-state index contributed by atoms with van der Waals surface area (Å²) in [5.74, 6) is 0.787. The van der Waals surface area contributed by atoms with Gasteiger partial charge >= 0.3 is 0 Å². The number of nitrogens with zero attached hydrogens (tertiary/aromatic N) is 1. The molecule has 0 aromatic carbocycles. The molecule has 6 nitrogen and oxygen atoms in total. The van der Waals surface area contributed by atoms with Crippen LogP contribution in [0.25, 0.3) is 0 Å². The van der Waals surface area contributed by atoms with E-state index in [1.165, 1.54) is 0 Å². The Bertz CT molecular complexity index is 284. The van der Waals surface area contributed by atoms with E-state index in [1.807, 2.05) is 20.8 Å². The van der Waals surface area contributed by atoms with Gasteiger partial charge in [0.25, 0.3) is 0 Å². The maximum atomic E-state index is 5.51. The predicted molar refractivity (Wildman–Crippen MR) is 91.6 cm³/mol. The first-order valence-corrected chi connectivity index (χ1v) is 8.28. The van der Waals surface area contributed by atoms with Crippen molar-refractivity contribution in [1.82, 2.24) is 10.6 Å². The third-order valence-electron chi connectivity index (χ3n) is 3.07. The molecular weight excluding hydrogens is 282 g/mol. The average Bonchev–Trinajstić information content (AvgIpc) is 2.51. The lowest BCUT2D eigenvalue weighted by atomic mass is 10.1. The molecule has 0 saturated heterocycles. The average molecular weight is 317 g/mol. The molecule has 6 heteroatoms. The molecule has 0 radical (unpaired) electrons. The Hall–Kier alpha value is -0.850. The van der Waals surface area contributed by atoms with E-state index >= 15 is 0 Å². The van der Waals surface area contributed by atoms with Crippen LogP contribution < -0.4 is 10.6 Å². The first kappa shape index (κ1) is 21.1. The molecule has 0 aromatic heterocycles. The molecular formula is C16H35N3O3. The summed E-state index contributed by atoms with van der Waals surface area (Å²) in [6.07, 6.45) is 2.28. The van der Waals surface area contributed by atoms with Gasteiger partial charge in [0.2, 0.25) is 0 Å². The van der Waals surface area contributed by atoms with E-state index in [2.05, 4.69) is 22.5 Å². The lowest BCUT2D eigenvalue weighted by Crippen LogP contribution is -2.40. The third kappa shape index (κ3) is 12.9. The maximum absolute atomic E-state index is 5.51. The highest BCUT2D eigenvalue weighted by atomic mass is 16.5. The van der Waals surface area contributed by atoms with Crippen molar-refractivity contribution in [3.63, 3.8) is 0 Å². The number of ether oxygens (including phenoxy) is 3. The molecule has 2 N–H and O–H groups in total. The van der Waals surface area contributed by atoms with Gasteiger partial charge in [-0.15, -0.1) is 0 Å². The predicted octanol–water partition coefficient (Wildman–Crippen LogP) is 1.80. The Morgan fingerprint density at radius 1 is 1.00 bits per heavy atom. The first-order chi connectivity index (χ1) is 10.6. The Morgan fingerprint density at radius 2 is 1.68 bits per heavy atom. The second-order valence-corrected chi connectivity index (χ2v) is 5.66. The van der Waals surface area contributed by atoms with Gasteiger partial charge < -0.3 is 24.8 Å². The minimum Gasteiger partial charge on any atom is -0.379 e. The van der Waals surface area contributed by atoms with Gasteiger partial charge in [0.1, 0.15) is 0 Å². The van der Waals surface area contributed by atoms with E-state index in [0.29, 0.717) is 32.9 Å². The van der Waals surface area contributed by atoms with Crippen LogP contribution in [0.5, 0.6) is 0 Å². The van der Waals surface area contributed by atoms with Crippen LogP contribution in [0.1, 0.15) is 40.5 Å². The second kappa shape index (κ2) is 13.8. The smallest absolute Gasteiger partial charge is 0.191 e. The largest absolute Gasteiger partial charge is 0.379 e. The van der Waals surface area contributed by atoms with Crippen molar-refractivity contribution in [1.29, 1.82) is 0 Å². The summed E-state index contributed by atoms with van der Waals surface area (Å²) in [6.45, 7) is 13.1. The molecule has 0 aliphatic carbocycles. The SMILES string of the molecule is CCCCOCCOCCNC(=NCC(C)(C)OC)NCC. The van der Waals surface area contributed by atoms with Crippen LogP contribution in [-0.2, 0) is 14.2 Å². The van der Waals surface area contributed by atoms with E-state index in [0.717, 1.165) is 32.0 Å². The number of guanidine groups is 1. The van der Waals surface area contributed by atoms with Gasteiger partial charge in [-0.2, -0.15) is 0 Å². The summed E-state index contributed by atoms with van der Waals surface area (Å²) in [5, 5.41) is 6.45. The first-order valence-electron chi connectivity index (χ1n) is 8.28. The summed E-state index contributed by atoms with van der Waals surface area (Å²) < 4.78 is 16.3. The number of hydrogen-bond acceptors (Lipinski definition) is 4. The molecule has 0 heterocycles. The molecule has 0 amide bonds. The molecule has 0 aliphatic heterocycles. The molecule has 0 fully saturated rings. The highest BCUT2D eigenvalue weighted by molar-refractivity contribution is 5.79. The fraction of sp³-hybridized carbons (Fsp3) is 0.938. The number of nitrogens with one attached hydrogen (secondary N) is 2. The molecule has 0 saturated carbocycles. The fourth-order valence-electron chi connectivity index (χ4n) is 1.49. The van der Waals surface area contributed by atoms with E-state index < -0.39 is 0 Å². The van der Waals surface area contributed by atoms with Crippen molar-refractivity contribution in [3.8, 4) is 0 Å². The van der Waals surface area contributed by atoms with E-state index in [1.54, 1.807) is 7.11 Å². The van der Waals surface area contributed by atoms with Crippen LogP contribution >= 0.6 is 0 Å². The lowest BCUT2D eigenvalue weighted by molar-refractivity contribution is 0.0310. The highest BCUT2D eigenvalue weighted by Crippen LogP contribution is 2.06. The lowest BCUT2D eigenvalue weighted by Gasteiger charge is -2.21. The summed E-state index contributed by atoms with van der Waals surface area (Å²) in [7, 11) is 1.70. The van der Waals surface area contributed by atoms with Crippen LogP contribution in [-0.4, -0.2) is 64.7 Å². The van der Waals surface area contributed by atoms with Gasteiger partial charge in [-0.05, 0) is 27.2 Å². The van der Waals surface area contributed by atoms with Crippen LogP contribution in [0.2, 0.25) is 0 Å². The van der Waals surface area contributed by atoms with Crippen molar-refractivity contribution in [2.45, 2.75) is 46.1 Å². The maximum Gasteiger partial charge on any atom is 0.191 e. The van der Waals surface area contributed by atoms with Gasteiger partial charge in [0.05, 0.1) is 32.0 Å². The number of methoxy groups -OCH3 is 1. The summed E-state index contributed by atoms with van der Waals surface area (Å²) in [6, 6.07) is 0. The van der Waals surface area contributed by atoms with Crippen molar-refractivity contribution in [2.75, 3.05) is 53.2 Å². The van der Waals surface area contributed by atoms with Crippen molar-refractivity contribution < 1.29 is 14.2 Å². The quantitative estimate of drug-likeness (QED) is 0.308. The summed E-state index contributed by atoms with van der Waals surface area (Å²) >= 11 is 0. The van der Waals surface area contributed by atoms with Gasteiger partial charge in [-0.1, -0.05) is 13.3 Å². The fourth-order valence-corrected chi connectivity index (χ4v) is 1.49. The molecule has 0 bridgehead atoms. The molecule has 0 aliphatic rings. The Labute approximate surface area is 136 Å². The zero-order valence-electron chi connectivity index (χ0n) is 15.0. The van der Waals surface area contributed by atoms with Gasteiger partial charge in [-0.3, -0.25) is 4.99 Å². The third-order valence-corrected chi connectivity index (χ3v) is 3.07. The monoisotopic (exact) mass is 317 g/mol. The molecule has 0 unspecified atom stereocenters. The number of unbranched alkanes of at least 4 members (excludes halogenated alkanes) is 1. The standard InChI is InChI=1S/C16H35N3O3/c1-6-8-10-21-12-13-22-11-9-18-15(17-7-2)19-14-16(3,4)20-5/h6-14H2,1-5H3,(H2,17,18,19). The topological polar surface area (TPSA) is 64.1 Å². The van der Waals surface area contributed by atoms with Crippen molar-refractivity contribution in [3.05, 3.63) is 0 Å². The van der Waals surface area contributed by atoms with E-state index in [4.69, 9.17) is 14.2 Å². The van der Waals surface area contributed by atoms with E-state index in [-0.39, 0.29) is 5.60 Å². The van der Waals surface area contributed by atoms with Gasteiger partial charge in [0.15, 0.2) is 5.96 Å². The Morgan fingerprint density at radius 3 is 2.27 bits per heavy atom. The number of hydrogen-bond donors (Lipinski definition) is 2. The number of aliphatic imine (C=N–C) groups is 1. The van der Waals surface area contributed by atoms with Crippen LogP contribution in [0, 0.1) is 0 Å². The zero-order valence-corrected chi connectivity index (χ0v) is 15.0. The molecule has 0 aromatic rings. The van der Waals surface area contributed by atoms with Crippen molar-refractivity contribution >= 4 is 5.96 Å². The Kier molecular flexibility index (Phi) is 13.3. The molecule has 0 atom stereocenters.